The number of fused-ring (bicyclic) bond motifs is 1. The molecular formula is C16H12N2O5S. The number of carbonyl (C=O) groups excluding carboxylic acids is 1. The zero-order valence-electron chi connectivity index (χ0n) is 12.2. The van der Waals surface area contributed by atoms with Crippen LogP contribution in [0.3, 0.4) is 0 Å². The van der Waals surface area contributed by atoms with E-state index in [-0.39, 0.29) is 21.7 Å². The number of benzene rings is 2. The van der Waals surface area contributed by atoms with Crippen molar-refractivity contribution in [2.45, 2.75) is 4.90 Å². The topological polar surface area (TPSA) is 119 Å². The first kappa shape index (κ1) is 15.8. The Morgan fingerprint density at radius 2 is 1.79 bits per heavy atom. The second-order valence-electron chi connectivity index (χ2n) is 4.97. The van der Waals surface area contributed by atoms with Crippen molar-refractivity contribution in [3.63, 3.8) is 0 Å². The average Bonchev–Trinajstić information content (AvgIpc) is 2.54. The Morgan fingerprint density at radius 3 is 2.54 bits per heavy atom. The van der Waals surface area contributed by atoms with Crippen LogP contribution in [0.1, 0.15) is 10.4 Å². The fourth-order valence-electron chi connectivity index (χ4n) is 2.21. The molecule has 0 atom stereocenters. The monoisotopic (exact) mass is 344 g/mol. The molecule has 3 aromatic rings. The SMILES string of the molecule is NC(=O)c1ccccc1NS(=O)(=O)c1ccc2oc(=O)ccc2c1. The van der Waals surface area contributed by atoms with Crippen LogP contribution < -0.4 is 16.1 Å². The molecule has 7 nitrogen and oxygen atoms in total. The Hall–Kier alpha value is -3.13. The number of nitrogens with two attached hydrogens (primary N) is 1. The Morgan fingerprint density at radius 1 is 1.04 bits per heavy atom. The zero-order chi connectivity index (χ0) is 17.3. The summed E-state index contributed by atoms with van der Waals surface area (Å²) in [7, 11) is -3.95. The van der Waals surface area contributed by atoms with E-state index in [1.165, 1.54) is 42.5 Å². The van der Waals surface area contributed by atoms with Crippen LogP contribution in [0.25, 0.3) is 11.0 Å². The number of hydrogen-bond donors (Lipinski definition) is 2. The molecule has 0 unspecified atom stereocenters. The molecule has 0 spiro atoms. The standard InChI is InChI=1S/C16H12N2O5S/c17-16(20)12-3-1-2-4-13(12)18-24(21,22)11-6-7-14-10(9-11)5-8-15(19)23-14/h1-9,18H,(H2,17,20). The Balaban J connectivity index is 2.04. The number of amides is 1. The molecule has 0 aliphatic carbocycles. The molecule has 1 heterocycles. The average molecular weight is 344 g/mol. The highest BCUT2D eigenvalue weighted by Gasteiger charge is 2.18. The third-order valence-electron chi connectivity index (χ3n) is 3.34. The molecule has 1 amide bonds. The van der Waals surface area contributed by atoms with E-state index < -0.39 is 21.6 Å². The Kier molecular flexibility index (Phi) is 3.82. The second-order valence-corrected chi connectivity index (χ2v) is 6.65. The minimum absolute atomic E-state index is 0.0388. The minimum Gasteiger partial charge on any atom is -0.423 e. The summed E-state index contributed by atoms with van der Waals surface area (Å²) in [5.74, 6) is -0.742. The molecule has 24 heavy (non-hydrogen) atoms. The van der Waals surface area contributed by atoms with E-state index in [9.17, 15) is 18.0 Å². The summed E-state index contributed by atoms with van der Waals surface area (Å²) >= 11 is 0. The van der Waals surface area contributed by atoms with E-state index in [1.54, 1.807) is 12.1 Å². The lowest BCUT2D eigenvalue weighted by Crippen LogP contribution is -2.18. The van der Waals surface area contributed by atoms with E-state index >= 15 is 0 Å². The lowest BCUT2D eigenvalue weighted by Gasteiger charge is -2.11. The van der Waals surface area contributed by atoms with E-state index in [1.807, 2.05) is 0 Å². The number of carbonyl (C=O) groups is 1. The van der Waals surface area contributed by atoms with Gasteiger partial charge in [0.1, 0.15) is 5.58 Å². The van der Waals surface area contributed by atoms with Crippen molar-refractivity contribution in [1.29, 1.82) is 0 Å². The van der Waals surface area contributed by atoms with Gasteiger partial charge in [-0.25, -0.2) is 13.2 Å². The van der Waals surface area contributed by atoms with Crippen LogP contribution in [0.4, 0.5) is 5.69 Å². The fraction of sp³-hybridized carbons (Fsp3) is 0. The van der Waals surface area contributed by atoms with Gasteiger partial charge in [0.15, 0.2) is 0 Å². The lowest BCUT2D eigenvalue weighted by atomic mass is 10.2. The number of primary amides is 1. The number of sulfonamides is 1. The van der Waals surface area contributed by atoms with Crippen LogP contribution in [0.5, 0.6) is 0 Å². The van der Waals surface area contributed by atoms with Gasteiger partial charge in [-0.2, -0.15) is 0 Å². The molecule has 0 saturated carbocycles. The molecule has 1 aromatic heterocycles. The number of anilines is 1. The summed E-state index contributed by atoms with van der Waals surface area (Å²) < 4.78 is 32.4. The maximum Gasteiger partial charge on any atom is 0.336 e. The Labute approximate surface area is 136 Å². The van der Waals surface area contributed by atoms with Gasteiger partial charge >= 0.3 is 5.63 Å². The molecule has 0 aliphatic heterocycles. The smallest absolute Gasteiger partial charge is 0.336 e. The first-order valence-corrected chi connectivity index (χ1v) is 8.31. The number of nitrogens with one attached hydrogen (secondary N) is 1. The van der Waals surface area contributed by atoms with Gasteiger partial charge in [0.05, 0.1) is 16.1 Å². The molecule has 2 aromatic carbocycles. The molecular weight excluding hydrogens is 332 g/mol. The molecule has 3 N–H and O–H groups in total. The number of rotatable bonds is 4. The van der Waals surface area contributed by atoms with Crippen LogP contribution in [0, 0.1) is 0 Å². The van der Waals surface area contributed by atoms with Crippen molar-refractivity contribution in [3.8, 4) is 0 Å². The van der Waals surface area contributed by atoms with Gasteiger partial charge in [0, 0.05) is 11.5 Å². The summed E-state index contributed by atoms with van der Waals surface area (Å²) in [6.45, 7) is 0. The third-order valence-corrected chi connectivity index (χ3v) is 4.70. The van der Waals surface area contributed by atoms with Crippen molar-refractivity contribution < 1.29 is 17.6 Å². The quantitative estimate of drug-likeness (QED) is 0.698. The van der Waals surface area contributed by atoms with Gasteiger partial charge in [0.2, 0.25) is 0 Å². The molecule has 3 rings (SSSR count). The van der Waals surface area contributed by atoms with E-state index in [2.05, 4.69) is 4.72 Å². The molecule has 0 fully saturated rings. The largest absolute Gasteiger partial charge is 0.423 e. The molecule has 0 bridgehead atoms. The highest BCUT2D eigenvalue weighted by molar-refractivity contribution is 7.92. The minimum atomic E-state index is -3.95. The predicted octanol–water partition coefficient (Wildman–Crippen LogP) is 1.69. The van der Waals surface area contributed by atoms with Crippen LogP contribution in [0.15, 0.2) is 68.7 Å². The summed E-state index contributed by atoms with van der Waals surface area (Å²) in [6, 6.07) is 12.8. The molecule has 0 saturated heterocycles. The van der Waals surface area contributed by atoms with Crippen LogP contribution in [-0.2, 0) is 10.0 Å². The number of hydrogen-bond acceptors (Lipinski definition) is 5. The fourth-order valence-corrected chi connectivity index (χ4v) is 3.32. The number of para-hydroxylation sites is 1. The lowest BCUT2D eigenvalue weighted by molar-refractivity contribution is 0.100. The maximum atomic E-state index is 12.5. The predicted molar refractivity (Wildman–Crippen MR) is 88.3 cm³/mol. The highest BCUT2D eigenvalue weighted by atomic mass is 32.2. The maximum absolute atomic E-state index is 12.5. The normalized spacial score (nSPS) is 11.3. The third kappa shape index (κ3) is 2.99. The van der Waals surface area contributed by atoms with Crippen molar-refractivity contribution >= 4 is 32.6 Å². The van der Waals surface area contributed by atoms with Crippen LogP contribution >= 0.6 is 0 Å². The van der Waals surface area contributed by atoms with Gasteiger partial charge < -0.3 is 10.2 Å². The molecule has 0 radical (unpaired) electrons. The Bertz CT molecular complexity index is 1100. The van der Waals surface area contributed by atoms with Crippen molar-refractivity contribution in [3.05, 3.63) is 70.6 Å². The van der Waals surface area contributed by atoms with Gasteiger partial charge in [-0.15, -0.1) is 0 Å². The summed E-state index contributed by atoms with van der Waals surface area (Å²) in [4.78, 5) is 22.5. The zero-order valence-corrected chi connectivity index (χ0v) is 13.0. The van der Waals surface area contributed by atoms with Crippen LogP contribution in [-0.4, -0.2) is 14.3 Å². The summed E-state index contributed by atoms with van der Waals surface area (Å²) in [5, 5.41) is 0.459. The van der Waals surface area contributed by atoms with E-state index in [4.69, 9.17) is 10.2 Å². The summed E-state index contributed by atoms with van der Waals surface area (Å²) in [5.41, 5.74) is 5.15. The van der Waals surface area contributed by atoms with Crippen LogP contribution in [0.2, 0.25) is 0 Å². The van der Waals surface area contributed by atoms with Gasteiger partial charge in [0.25, 0.3) is 15.9 Å². The van der Waals surface area contributed by atoms with Crippen molar-refractivity contribution in [1.82, 2.24) is 0 Å². The first-order chi connectivity index (χ1) is 11.4. The van der Waals surface area contributed by atoms with E-state index in [0.29, 0.717) is 5.39 Å². The highest BCUT2D eigenvalue weighted by Crippen LogP contribution is 2.22. The van der Waals surface area contributed by atoms with Gasteiger partial charge in [-0.1, -0.05) is 12.1 Å². The van der Waals surface area contributed by atoms with Gasteiger partial charge in [-0.05, 0) is 36.4 Å². The van der Waals surface area contributed by atoms with E-state index in [0.717, 1.165) is 0 Å². The van der Waals surface area contributed by atoms with Crippen molar-refractivity contribution in [2.75, 3.05) is 4.72 Å². The molecule has 0 aliphatic rings. The molecule has 122 valence electrons. The summed E-state index contributed by atoms with van der Waals surface area (Å²) in [6.07, 6.45) is 0. The van der Waals surface area contributed by atoms with Gasteiger partial charge in [-0.3, -0.25) is 9.52 Å². The molecule has 8 heteroatoms. The second kappa shape index (κ2) is 5.82. The van der Waals surface area contributed by atoms with Crippen molar-refractivity contribution in [2.24, 2.45) is 5.73 Å². The first-order valence-electron chi connectivity index (χ1n) is 6.82.